The van der Waals surface area contributed by atoms with Crippen molar-refractivity contribution in [1.82, 2.24) is 15.6 Å². The number of hydrogen-bond donors (Lipinski definition) is 4. The summed E-state index contributed by atoms with van der Waals surface area (Å²) in [6.07, 6.45) is 2.84. The Hall–Kier alpha value is -2.22. The molecule has 1 aromatic carbocycles. The predicted octanol–water partition coefficient (Wildman–Crippen LogP) is 1.44. The second-order valence-electron chi connectivity index (χ2n) is 7.13. The predicted molar refractivity (Wildman–Crippen MR) is 107 cm³/mol. The number of nitrogens with one attached hydrogen (secondary N) is 2. The summed E-state index contributed by atoms with van der Waals surface area (Å²) in [5, 5.41) is 25.4. The van der Waals surface area contributed by atoms with Gasteiger partial charge in [-0.3, -0.25) is 9.78 Å². The largest absolute Gasteiger partial charge is 0.469 e. The molecule has 4 N–H and O–H groups in total. The second-order valence-corrected chi connectivity index (χ2v) is 7.13. The van der Waals surface area contributed by atoms with E-state index in [9.17, 15) is 14.8 Å². The average Bonchev–Trinajstić information content (AvgIpc) is 2.66. The SMILES string of the molecule is CC(C)C[C@H](NC[C@H](Cc1ccccc1)NC(=O)c1ccccn1)B(O)O. The van der Waals surface area contributed by atoms with E-state index in [1.165, 1.54) is 0 Å². The van der Waals surface area contributed by atoms with E-state index in [4.69, 9.17) is 0 Å². The minimum atomic E-state index is -1.45. The lowest BCUT2D eigenvalue weighted by molar-refractivity contribution is 0.0931. The van der Waals surface area contributed by atoms with Crippen LogP contribution in [0.1, 0.15) is 36.3 Å². The smallest absolute Gasteiger partial charge is 0.426 e. The summed E-state index contributed by atoms with van der Waals surface area (Å²) in [6.45, 7) is 4.48. The van der Waals surface area contributed by atoms with Gasteiger partial charge in [-0.2, -0.15) is 0 Å². The molecule has 1 aromatic heterocycles. The molecule has 0 saturated carbocycles. The van der Waals surface area contributed by atoms with Crippen LogP contribution in [0.15, 0.2) is 54.7 Å². The number of aromatic nitrogens is 1. The molecule has 0 unspecified atom stereocenters. The number of amides is 1. The summed E-state index contributed by atoms with van der Waals surface area (Å²) in [5.74, 6) is -0.377. The molecule has 0 fully saturated rings. The molecule has 0 aliphatic rings. The van der Waals surface area contributed by atoms with Gasteiger partial charge in [0.1, 0.15) is 5.69 Å². The molecule has 2 atom stereocenters. The van der Waals surface area contributed by atoms with Gasteiger partial charge in [-0.25, -0.2) is 0 Å². The maximum atomic E-state index is 12.5. The molecule has 2 rings (SSSR count). The van der Waals surface area contributed by atoms with Crippen molar-refractivity contribution in [3.8, 4) is 0 Å². The minimum Gasteiger partial charge on any atom is -0.426 e. The lowest BCUT2D eigenvalue weighted by Crippen LogP contribution is -2.51. The zero-order valence-electron chi connectivity index (χ0n) is 15.9. The Morgan fingerprint density at radius 1 is 1.11 bits per heavy atom. The van der Waals surface area contributed by atoms with Crippen molar-refractivity contribution in [2.45, 2.75) is 38.7 Å². The highest BCUT2D eigenvalue weighted by atomic mass is 16.4. The standard InChI is InChI=1S/C20H28BN3O3/c1-15(2)12-19(21(26)27)23-14-17(13-16-8-4-3-5-9-16)24-20(25)18-10-6-7-11-22-18/h3-11,15,17,19,23,26-27H,12-14H2,1-2H3,(H,24,25)/t17-,19-/m0/s1. The Labute approximate surface area is 161 Å². The van der Waals surface area contributed by atoms with Crippen LogP contribution >= 0.6 is 0 Å². The van der Waals surface area contributed by atoms with Crippen LogP contribution in [0.2, 0.25) is 0 Å². The second kappa shape index (κ2) is 10.8. The highest BCUT2D eigenvalue weighted by Gasteiger charge is 2.25. The van der Waals surface area contributed by atoms with Gasteiger partial charge in [-0.05, 0) is 36.5 Å². The van der Waals surface area contributed by atoms with Crippen LogP contribution < -0.4 is 10.6 Å². The van der Waals surface area contributed by atoms with Crippen molar-refractivity contribution < 1.29 is 14.8 Å². The Morgan fingerprint density at radius 3 is 2.41 bits per heavy atom. The van der Waals surface area contributed by atoms with Crippen LogP contribution in [0, 0.1) is 5.92 Å². The van der Waals surface area contributed by atoms with Gasteiger partial charge in [0.15, 0.2) is 0 Å². The molecular weight excluding hydrogens is 341 g/mol. The summed E-state index contributed by atoms with van der Waals surface area (Å²) in [5.41, 5.74) is 1.45. The summed E-state index contributed by atoms with van der Waals surface area (Å²) in [4.78, 5) is 16.6. The van der Waals surface area contributed by atoms with Crippen molar-refractivity contribution in [3.05, 3.63) is 66.0 Å². The summed E-state index contributed by atoms with van der Waals surface area (Å²) in [6, 6.07) is 14.9. The quantitative estimate of drug-likeness (QED) is 0.476. The van der Waals surface area contributed by atoms with E-state index in [2.05, 4.69) is 15.6 Å². The number of benzene rings is 1. The van der Waals surface area contributed by atoms with E-state index >= 15 is 0 Å². The Morgan fingerprint density at radius 2 is 1.81 bits per heavy atom. The number of pyridine rings is 1. The van der Waals surface area contributed by atoms with Crippen LogP contribution in [-0.2, 0) is 6.42 Å². The monoisotopic (exact) mass is 369 g/mol. The van der Waals surface area contributed by atoms with Gasteiger partial charge in [0.05, 0.1) is 0 Å². The van der Waals surface area contributed by atoms with Crippen LogP contribution in [-0.4, -0.2) is 46.6 Å². The van der Waals surface area contributed by atoms with Gasteiger partial charge in [-0.1, -0.05) is 50.2 Å². The van der Waals surface area contributed by atoms with E-state index in [0.717, 1.165) is 5.56 Å². The third-order valence-corrected chi connectivity index (χ3v) is 4.27. The molecule has 1 amide bonds. The maximum Gasteiger partial charge on any atom is 0.469 e. The van der Waals surface area contributed by atoms with Crippen LogP contribution in [0.4, 0.5) is 0 Å². The lowest BCUT2D eigenvalue weighted by Gasteiger charge is -2.24. The fourth-order valence-corrected chi connectivity index (χ4v) is 2.94. The van der Waals surface area contributed by atoms with Crippen LogP contribution in [0.5, 0.6) is 0 Å². The first-order chi connectivity index (χ1) is 13.0. The van der Waals surface area contributed by atoms with E-state index < -0.39 is 13.1 Å². The molecule has 7 heteroatoms. The number of carbonyl (C=O) groups is 1. The van der Waals surface area contributed by atoms with E-state index in [1.807, 2.05) is 44.2 Å². The molecule has 0 spiro atoms. The van der Waals surface area contributed by atoms with Gasteiger partial charge in [0, 0.05) is 24.7 Å². The maximum absolute atomic E-state index is 12.5. The van der Waals surface area contributed by atoms with Gasteiger partial charge in [0.25, 0.3) is 5.91 Å². The molecule has 0 aliphatic carbocycles. The fourth-order valence-electron chi connectivity index (χ4n) is 2.94. The average molecular weight is 369 g/mol. The lowest BCUT2D eigenvalue weighted by atomic mass is 9.75. The van der Waals surface area contributed by atoms with E-state index in [1.54, 1.807) is 24.4 Å². The van der Waals surface area contributed by atoms with Gasteiger partial charge in [0.2, 0.25) is 0 Å². The van der Waals surface area contributed by atoms with Crippen molar-refractivity contribution in [1.29, 1.82) is 0 Å². The van der Waals surface area contributed by atoms with Crippen molar-refractivity contribution >= 4 is 13.0 Å². The molecule has 0 radical (unpaired) electrons. The molecule has 6 nitrogen and oxygen atoms in total. The Balaban J connectivity index is 2.05. The molecule has 0 bridgehead atoms. The highest BCUT2D eigenvalue weighted by molar-refractivity contribution is 6.43. The van der Waals surface area contributed by atoms with Gasteiger partial charge < -0.3 is 20.7 Å². The molecular formula is C20H28BN3O3. The van der Waals surface area contributed by atoms with E-state index in [0.29, 0.717) is 31.0 Å². The first-order valence-corrected chi connectivity index (χ1v) is 9.31. The third-order valence-electron chi connectivity index (χ3n) is 4.27. The zero-order chi connectivity index (χ0) is 19.6. The molecule has 144 valence electrons. The first-order valence-electron chi connectivity index (χ1n) is 9.31. The normalized spacial score (nSPS) is 13.2. The van der Waals surface area contributed by atoms with Crippen LogP contribution in [0.3, 0.4) is 0 Å². The molecule has 1 heterocycles. The number of nitrogens with zero attached hydrogens (tertiary/aromatic N) is 1. The first kappa shape index (κ1) is 21.1. The molecule has 27 heavy (non-hydrogen) atoms. The summed E-state index contributed by atoms with van der Waals surface area (Å²) >= 11 is 0. The molecule has 0 aliphatic heterocycles. The van der Waals surface area contributed by atoms with Gasteiger partial charge in [-0.15, -0.1) is 0 Å². The summed E-state index contributed by atoms with van der Waals surface area (Å²) in [7, 11) is -1.45. The van der Waals surface area contributed by atoms with Crippen LogP contribution in [0.25, 0.3) is 0 Å². The molecule has 2 aromatic rings. The topological polar surface area (TPSA) is 94.5 Å². The van der Waals surface area contributed by atoms with Crippen molar-refractivity contribution in [2.24, 2.45) is 5.92 Å². The highest BCUT2D eigenvalue weighted by Crippen LogP contribution is 2.08. The zero-order valence-corrected chi connectivity index (χ0v) is 15.9. The number of carbonyl (C=O) groups excluding carboxylic acids is 1. The number of hydrogen-bond acceptors (Lipinski definition) is 5. The van der Waals surface area contributed by atoms with Crippen molar-refractivity contribution in [2.75, 3.05) is 6.54 Å². The Bertz CT molecular complexity index is 683. The summed E-state index contributed by atoms with van der Waals surface area (Å²) < 4.78 is 0. The molecule has 0 saturated heterocycles. The fraction of sp³-hybridized carbons (Fsp3) is 0.400. The minimum absolute atomic E-state index is 0.213. The number of rotatable bonds is 10. The van der Waals surface area contributed by atoms with Gasteiger partial charge >= 0.3 is 7.12 Å². The Kier molecular flexibility index (Phi) is 8.45. The third kappa shape index (κ3) is 7.50. The van der Waals surface area contributed by atoms with Crippen molar-refractivity contribution in [3.63, 3.8) is 0 Å². The van der Waals surface area contributed by atoms with E-state index in [-0.39, 0.29) is 11.9 Å².